The summed E-state index contributed by atoms with van der Waals surface area (Å²) in [5.74, 6) is -0.840. The van der Waals surface area contributed by atoms with E-state index in [2.05, 4.69) is 29.2 Å². The smallest absolute Gasteiger partial charge is 0.409 e. The van der Waals surface area contributed by atoms with E-state index in [9.17, 15) is 14.7 Å². The van der Waals surface area contributed by atoms with E-state index in [4.69, 9.17) is 4.74 Å². The summed E-state index contributed by atoms with van der Waals surface area (Å²) < 4.78 is 6.81. The number of thiophene rings is 1. The molecule has 1 aromatic heterocycles. The lowest BCUT2D eigenvalue weighted by molar-refractivity contribution is 0.0694. The van der Waals surface area contributed by atoms with E-state index >= 15 is 0 Å². The van der Waals surface area contributed by atoms with Crippen LogP contribution in [0, 0.1) is 0 Å². The van der Waals surface area contributed by atoms with Crippen molar-refractivity contribution in [2.24, 2.45) is 0 Å². The van der Waals surface area contributed by atoms with Crippen LogP contribution >= 0.6 is 11.3 Å². The first kappa shape index (κ1) is 22.8. The molecule has 1 fully saturated rings. The highest BCUT2D eigenvalue weighted by atomic mass is 32.1. The van der Waals surface area contributed by atoms with E-state index in [1.54, 1.807) is 4.90 Å². The zero-order valence-electron chi connectivity index (χ0n) is 19.7. The van der Waals surface area contributed by atoms with Crippen LogP contribution in [0.3, 0.4) is 0 Å². The molecule has 3 aromatic carbocycles. The maximum absolute atomic E-state index is 12.9. The molecule has 0 bridgehead atoms. The number of carbonyl (C=O) groups excluding carboxylic acids is 1. The molecule has 0 atom stereocenters. The predicted octanol–water partition coefficient (Wildman–Crippen LogP) is 5.67. The molecule has 182 valence electrons. The third-order valence-corrected chi connectivity index (χ3v) is 8.44. The number of benzene rings is 3. The van der Waals surface area contributed by atoms with Crippen LogP contribution in [0.25, 0.3) is 21.2 Å². The van der Waals surface area contributed by atoms with Crippen molar-refractivity contribution in [2.75, 3.05) is 32.8 Å². The topological polar surface area (TPSA) is 70.1 Å². The molecule has 1 saturated heterocycles. The van der Waals surface area contributed by atoms with Crippen molar-refractivity contribution in [2.45, 2.75) is 12.5 Å². The monoisotopic (exact) mass is 498 g/mol. The number of hydrogen-bond donors (Lipinski definition) is 1. The van der Waals surface area contributed by atoms with Crippen molar-refractivity contribution in [3.8, 4) is 11.1 Å². The fourth-order valence-electron chi connectivity index (χ4n) is 5.43. The average molecular weight is 499 g/mol. The van der Waals surface area contributed by atoms with E-state index in [1.807, 2.05) is 48.5 Å². The van der Waals surface area contributed by atoms with E-state index in [-0.39, 0.29) is 12.0 Å². The number of piperazine rings is 1. The Balaban J connectivity index is 1.09. The van der Waals surface area contributed by atoms with Crippen molar-refractivity contribution in [1.29, 1.82) is 0 Å². The number of carboxylic acids is 1. The predicted molar refractivity (Wildman–Crippen MR) is 141 cm³/mol. The molecule has 0 unspecified atom stereocenters. The lowest BCUT2D eigenvalue weighted by atomic mass is 9.98. The molecule has 1 aliphatic carbocycles. The van der Waals surface area contributed by atoms with Crippen LogP contribution in [-0.4, -0.2) is 59.8 Å². The fraction of sp³-hybridized carbons (Fsp3) is 0.241. The summed E-state index contributed by atoms with van der Waals surface area (Å²) in [5.41, 5.74) is 5.69. The summed E-state index contributed by atoms with van der Waals surface area (Å²) in [4.78, 5) is 29.1. The Morgan fingerprint density at radius 3 is 2.14 bits per heavy atom. The Morgan fingerprint density at radius 2 is 1.47 bits per heavy atom. The first-order valence-corrected chi connectivity index (χ1v) is 13.0. The van der Waals surface area contributed by atoms with E-state index < -0.39 is 5.97 Å². The molecule has 7 heteroatoms. The second kappa shape index (κ2) is 9.41. The molecule has 2 heterocycles. The van der Waals surface area contributed by atoms with Gasteiger partial charge in [-0.1, -0.05) is 66.7 Å². The second-order valence-electron chi connectivity index (χ2n) is 9.28. The van der Waals surface area contributed by atoms with Crippen molar-refractivity contribution >= 4 is 33.5 Å². The second-order valence-corrected chi connectivity index (χ2v) is 10.3. The third-order valence-electron chi connectivity index (χ3n) is 7.24. The maximum atomic E-state index is 12.9. The Morgan fingerprint density at radius 1 is 0.861 bits per heavy atom. The first-order chi connectivity index (χ1) is 17.6. The van der Waals surface area contributed by atoms with Gasteiger partial charge >= 0.3 is 12.1 Å². The lowest BCUT2D eigenvalue weighted by Gasteiger charge is -2.34. The number of rotatable bonds is 5. The summed E-state index contributed by atoms with van der Waals surface area (Å²) in [6.07, 6.45) is -0.288. The molecule has 1 amide bonds. The Bertz CT molecular complexity index is 1410. The number of fused-ring (bicyclic) bond motifs is 4. The average Bonchev–Trinajstić information content (AvgIpc) is 3.44. The van der Waals surface area contributed by atoms with Crippen LogP contribution in [0.5, 0.6) is 0 Å². The molecule has 4 aromatic rings. The molecule has 1 N–H and O–H groups in total. The fourth-order valence-corrected chi connectivity index (χ4v) is 6.48. The number of nitrogens with zero attached hydrogens (tertiary/aromatic N) is 2. The minimum Gasteiger partial charge on any atom is -0.477 e. The number of aromatic carboxylic acids is 1. The van der Waals surface area contributed by atoms with Gasteiger partial charge in [0.15, 0.2) is 0 Å². The van der Waals surface area contributed by atoms with E-state index in [1.165, 1.54) is 33.6 Å². The highest BCUT2D eigenvalue weighted by Crippen LogP contribution is 2.44. The molecule has 0 spiro atoms. The van der Waals surface area contributed by atoms with Crippen molar-refractivity contribution in [3.05, 3.63) is 94.4 Å². The number of carboxylic acid groups (broad SMARTS) is 1. The third kappa shape index (κ3) is 4.04. The van der Waals surface area contributed by atoms with Crippen molar-refractivity contribution in [1.82, 2.24) is 9.80 Å². The zero-order valence-corrected chi connectivity index (χ0v) is 20.5. The summed E-state index contributed by atoms with van der Waals surface area (Å²) in [5, 5.41) is 10.7. The molecule has 6 rings (SSSR count). The van der Waals surface area contributed by atoms with Gasteiger partial charge in [-0.3, -0.25) is 4.90 Å². The van der Waals surface area contributed by atoms with Crippen LogP contribution < -0.4 is 0 Å². The molecular formula is C29H26N2O4S. The van der Waals surface area contributed by atoms with Gasteiger partial charge in [-0.15, -0.1) is 11.3 Å². The van der Waals surface area contributed by atoms with Crippen LogP contribution in [0.2, 0.25) is 0 Å². The van der Waals surface area contributed by atoms with Gasteiger partial charge in [-0.05, 0) is 39.3 Å². The van der Waals surface area contributed by atoms with Gasteiger partial charge in [0, 0.05) is 43.3 Å². The lowest BCUT2D eigenvalue weighted by Crippen LogP contribution is -2.48. The Labute approximate surface area is 213 Å². The molecule has 0 radical (unpaired) electrons. The molecule has 1 aliphatic heterocycles. The number of hydrogen-bond acceptors (Lipinski definition) is 5. The summed E-state index contributed by atoms with van der Waals surface area (Å²) in [6, 6.07) is 24.5. The largest absolute Gasteiger partial charge is 0.477 e. The van der Waals surface area contributed by atoms with Gasteiger partial charge in [0.2, 0.25) is 0 Å². The molecule has 6 nitrogen and oxygen atoms in total. The minimum atomic E-state index is -0.886. The van der Waals surface area contributed by atoms with E-state index in [0.717, 1.165) is 15.6 Å². The normalized spacial score (nSPS) is 15.6. The first-order valence-electron chi connectivity index (χ1n) is 12.2. The van der Waals surface area contributed by atoms with Gasteiger partial charge < -0.3 is 14.7 Å². The maximum Gasteiger partial charge on any atom is 0.409 e. The summed E-state index contributed by atoms with van der Waals surface area (Å²) >= 11 is 1.32. The van der Waals surface area contributed by atoms with E-state index in [0.29, 0.717) is 44.2 Å². The number of amides is 1. The van der Waals surface area contributed by atoms with Gasteiger partial charge in [0.1, 0.15) is 11.5 Å². The molecule has 2 aliphatic rings. The molecule has 36 heavy (non-hydrogen) atoms. The van der Waals surface area contributed by atoms with Gasteiger partial charge in [-0.25, -0.2) is 9.59 Å². The van der Waals surface area contributed by atoms with Crippen molar-refractivity contribution in [3.63, 3.8) is 0 Å². The minimum absolute atomic E-state index is 0.0453. The molecule has 0 saturated carbocycles. The molecular weight excluding hydrogens is 472 g/mol. The quantitative estimate of drug-likeness (QED) is 0.384. The van der Waals surface area contributed by atoms with Crippen molar-refractivity contribution < 1.29 is 19.4 Å². The highest BCUT2D eigenvalue weighted by molar-refractivity contribution is 7.21. The standard InChI is InChI=1S/C29H26N2O4S/c32-28(33)27-24(23-11-5-6-12-26(23)36-27)17-30-13-15-31(16-14-30)29(34)35-18-25-21-9-3-1-7-19(21)20-8-2-4-10-22(20)25/h1-12,25H,13-18H2,(H,32,33). The van der Waals surface area contributed by atoms with Crippen LogP contribution in [-0.2, 0) is 11.3 Å². The Hall–Kier alpha value is -3.68. The number of carbonyl (C=O) groups is 2. The summed E-state index contributed by atoms with van der Waals surface area (Å²) in [7, 11) is 0. The Kier molecular flexibility index (Phi) is 5.95. The van der Waals surface area contributed by atoms with Crippen LogP contribution in [0.4, 0.5) is 4.79 Å². The van der Waals surface area contributed by atoms with Gasteiger partial charge in [0.25, 0.3) is 0 Å². The zero-order chi connectivity index (χ0) is 24.6. The van der Waals surface area contributed by atoms with Gasteiger partial charge in [-0.2, -0.15) is 0 Å². The van der Waals surface area contributed by atoms with Gasteiger partial charge in [0.05, 0.1) is 0 Å². The summed E-state index contributed by atoms with van der Waals surface area (Å²) in [6.45, 7) is 3.34. The highest BCUT2D eigenvalue weighted by Gasteiger charge is 2.30. The number of ether oxygens (including phenoxy) is 1. The SMILES string of the molecule is O=C(O)c1sc2ccccc2c1CN1CCN(C(=O)OCC2c3ccccc3-c3ccccc32)CC1. The van der Waals surface area contributed by atoms with Crippen LogP contribution in [0.15, 0.2) is 72.8 Å². The van der Waals surface area contributed by atoms with Crippen LogP contribution in [0.1, 0.15) is 32.3 Å².